The van der Waals surface area contributed by atoms with E-state index < -0.39 is 0 Å². The fraction of sp³-hybridized carbons (Fsp3) is 0.667. The summed E-state index contributed by atoms with van der Waals surface area (Å²) in [4.78, 5) is 0. The van der Waals surface area contributed by atoms with Gasteiger partial charge in [0.25, 0.3) is 0 Å². The molecule has 1 rings (SSSR count). The van der Waals surface area contributed by atoms with Gasteiger partial charge in [-0.2, -0.15) is 16.9 Å². The monoisotopic (exact) mass is 184 g/mol. The standard InChI is InChI=1S/C9H16N2S/c1-4-9-6-8(7-12-5-2)10-11(9)3/h6H,4-5,7H2,1-3H3. The number of hydrogen-bond acceptors (Lipinski definition) is 2. The molecule has 0 N–H and O–H groups in total. The lowest BCUT2D eigenvalue weighted by molar-refractivity contribution is 0.710. The molecule has 2 nitrogen and oxygen atoms in total. The average Bonchev–Trinajstić information content (AvgIpc) is 2.43. The van der Waals surface area contributed by atoms with Gasteiger partial charge in [-0.1, -0.05) is 13.8 Å². The summed E-state index contributed by atoms with van der Waals surface area (Å²) in [5.41, 5.74) is 2.53. The van der Waals surface area contributed by atoms with Crippen molar-refractivity contribution >= 4 is 11.8 Å². The molecule has 68 valence electrons. The van der Waals surface area contributed by atoms with E-state index in [2.05, 4.69) is 25.0 Å². The van der Waals surface area contributed by atoms with E-state index in [-0.39, 0.29) is 0 Å². The van der Waals surface area contributed by atoms with Crippen molar-refractivity contribution in [2.24, 2.45) is 7.05 Å². The second-order valence-corrected chi connectivity index (χ2v) is 4.02. The Morgan fingerprint density at radius 3 is 2.75 bits per heavy atom. The Hall–Kier alpha value is -0.440. The van der Waals surface area contributed by atoms with Crippen LogP contribution in [0, 0.1) is 0 Å². The minimum Gasteiger partial charge on any atom is -0.272 e. The van der Waals surface area contributed by atoms with Gasteiger partial charge in [0, 0.05) is 18.5 Å². The highest BCUT2D eigenvalue weighted by Gasteiger charge is 2.01. The fourth-order valence-electron chi connectivity index (χ4n) is 1.18. The molecule has 0 bridgehead atoms. The molecule has 1 aromatic rings. The molecule has 0 aromatic carbocycles. The zero-order chi connectivity index (χ0) is 8.97. The van der Waals surface area contributed by atoms with Crippen LogP contribution in [0.3, 0.4) is 0 Å². The molecular formula is C9H16N2S. The van der Waals surface area contributed by atoms with Crippen molar-refractivity contribution in [3.63, 3.8) is 0 Å². The molecule has 12 heavy (non-hydrogen) atoms. The Balaban J connectivity index is 2.62. The largest absolute Gasteiger partial charge is 0.272 e. The Morgan fingerprint density at radius 2 is 2.25 bits per heavy atom. The summed E-state index contributed by atoms with van der Waals surface area (Å²) >= 11 is 1.92. The summed E-state index contributed by atoms with van der Waals surface area (Å²) in [6, 6.07) is 2.20. The predicted molar refractivity (Wildman–Crippen MR) is 54.4 cm³/mol. The second kappa shape index (κ2) is 4.55. The summed E-state index contributed by atoms with van der Waals surface area (Å²) in [5.74, 6) is 2.21. The van der Waals surface area contributed by atoms with Crippen LogP contribution in [0.15, 0.2) is 6.07 Å². The summed E-state index contributed by atoms with van der Waals surface area (Å²) in [7, 11) is 2.01. The van der Waals surface area contributed by atoms with Gasteiger partial charge in [0.2, 0.25) is 0 Å². The van der Waals surface area contributed by atoms with Gasteiger partial charge in [-0.15, -0.1) is 0 Å². The SMILES string of the molecule is CCSCc1cc(CC)n(C)n1. The molecule has 0 saturated carbocycles. The number of nitrogens with zero attached hydrogens (tertiary/aromatic N) is 2. The third-order valence-corrected chi connectivity index (χ3v) is 2.75. The predicted octanol–water partition coefficient (Wildman–Crippen LogP) is 2.24. The molecular weight excluding hydrogens is 168 g/mol. The van der Waals surface area contributed by atoms with E-state index in [1.807, 2.05) is 23.5 Å². The molecule has 0 aliphatic rings. The first-order chi connectivity index (χ1) is 5.77. The van der Waals surface area contributed by atoms with Crippen LogP contribution >= 0.6 is 11.8 Å². The Morgan fingerprint density at radius 1 is 1.50 bits per heavy atom. The molecule has 0 atom stereocenters. The van der Waals surface area contributed by atoms with Crippen molar-refractivity contribution in [3.8, 4) is 0 Å². The number of aryl methyl sites for hydroxylation is 2. The highest BCUT2D eigenvalue weighted by Crippen LogP contribution is 2.11. The van der Waals surface area contributed by atoms with E-state index in [1.54, 1.807) is 0 Å². The van der Waals surface area contributed by atoms with Gasteiger partial charge in [0.05, 0.1) is 5.69 Å². The molecule has 3 heteroatoms. The van der Waals surface area contributed by atoms with Crippen LogP contribution < -0.4 is 0 Å². The van der Waals surface area contributed by atoms with Crippen molar-refractivity contribution in [2.75, 3.05) is 5.75 Å². The third-order valence-electron chi connectivity index (χ3n) is 1.84. The first-order valence-corrected chi connectivity index (χ1v) is 5.53. The van der Waals surface area contributed by atoms with E-state index in [0.717, 1.165) is 17.9 Å². The maximum Gasteiger partial charge on any atom is 0.0726 e. The molecule has 0 saturated heterocycles. The molecule has 0 unspecified atom stereocenters. The lowest BCUT2D eigenvalue weighted by Gasteiger charge is -1.93. The molecule has 0 aliphatic carbocycles. The van der Waals surface area contributed by atoms with Crippen molar-refractivity contribution in [1.82, 2.24) is 9.78 Å². The van der Waals surface area contributed by atoms with Crippen LogP contribution in [0.1, 0.15) is 25.2 Å². The van der Waals surface area contributed by atoms with Crippen molar-refractivity contribution in [3.05, 3.63) is 17.5 Å². The zero-order valence-electron chi connectivity index (χ0n) is 8.00. The maximum absolute atomic E-state index is 4.41. The number of rotatable bonds is 4. The van der Waals surface area contributed by atoms with E-state index >= 15 is 0 Å². The van der Waals surface area contributed by atoms with E-state index in [1.165, 1.54) is 11.4 Å². The quantitative estimate of drug-likeness (QED) is 0.714. The Labute approximate surface area is 78.4 Å². The molecule has 0 amide bonds. The van der Waals surface area contributed by atoms with Crippen LogP contribution in [-0.4, -0.2) is 15.5 Å². The van der Waals surface area contributed by atoms with Gasteiger partial charge >= 0.3 is 0 Å². The van der Waals surface area contributed by atoms with Crippen LogP contribution in [0.25, 0.3) is 0 Å². The van der Waals surface area contributed by atoms with Gasteiger partial charge in [0.15, 0.2) is 0 Å². The van der Waals surface area contributed by atoms with Gasteiger partial charge in [-0.3, -0.25) is 4.68 Å². The number of hydrogen-bond donors (Lipinski definition) is 0. The molecule has 1 heterocycles. The van der Waals surface area contributed by atoms with E-state index in [9.17, 15) is 0 Å². The van der Waals surface area contributed by atoms with Gasteiger partial charge in [-0.25, -0.2) is 0 Å². The first kappa shape index (κ1) is 9.65. The summed E-state index contributed by atoms with van der Waals surface area (Å²) in [6.45, 7) is 4.34. The van der Waals surface area contributed by atoms with Crippen molar-refractivity contribution < 1.29 is 0 Å². The summed E-state index contributed by atoms with van der Waals surface area (Å²) in [5, 5.41) is 4.41. The molecule has 0 radical (unpaired) electrons. The summed E-state index contributed by atoms with van der Waals surface area (Å²) in [6.07, 6.45) is 1.07. The van der Waals surface area contributed by atoms with Crippen LogP contribution in [-0.2, 0) is 19.2 Å². The molecule has 0 fully saturated rings. The fourth-order valence-corrected chi connectivity index (χ4v) is 1.73. The highest BCUT2D eigenvalue weighted by molar-refractivity contribution is 7.98. The Bertz CT molecular complexity index is 243. The number of aromatic nitrogens is 2. The van der Waals surface area contributed by atoms with Crippen molar-refractivity contribution in [1.29, 1.82) is 0 Å². The van der Waals surface area contributed by atoms with Crippen molar-refractivity contribution in [2.45, 2.75) is 26.0 Å². The zero-order valence-corrected chi connectivity index (χ0v) is 8.82. The van der Waals surface area contributed by atoms with Gasteiger partial charge < -0.3 is 0 Å². The lowest BCUT2D eigenvalue weighted by Crippen LogP contribution is -1.96. The minimum absolute atomic E-state index is 1.05. The van der Waals surface area contributed by atoms with E-state index in [4.69, 9.17) is 0 Å². The first-order valence-electron chi connectivity index (χ1n) is 4.37. The van der Waals surface area contributed by atoms with Crippen LogP contribution in [0.4, 0.5) is 0 Å². The number of thioether (sulfide) groups is 1. The third kappa shape index (κ3) is 2.27. The second-order valence-electron chi connectivity index (χ2n) is 2.74. The molecule has 0 spiro atoms. The van der Waals surface area contributed by atoms with Crippen LogP contribution in [0.2, 0.25) is 0 Å². The lowest BCUT2D eigenvalue weighted by atomic mass is 10.3. The summed E-state index contributed by atoms with van der Waals surface area (Å²) < 4.78 is 1.98. The Kier molecular flexibility index (Phi) is 3.66. The smallest absolute Gasteiger partial charge is 0.0726 e. The average molecular weight is 184 g/mol. The normalized spacial score (nSPS) is 10.6. The topological polar surface area (TPSA) is 17.8 Å². The molecule has 1 aromatic heterocycles. The maximum atomic E-state index is 4.41. The van der Waals surface area contributed by atoms with E-state index in [0.29, 0.717) is 0 Å². The van der Waals surface area contributed by atoms with Crippen LogP contribution in [0.5, 0.6) is 0 Å². The minimum atomic E-state index is 1.05. The van der Waals surface area contributed by atoms with Gasteiger partial charge in [-0.05, 0) is 18.2 Å². The van der Waals surface area contributed by atoms with Gasteiger partial charge in [0.1, 0.15) is 0 Å². The highest BCUT2D eigenvalue weighted by atomic mass is 32.2. The molecule has 0 aliphatic heterocycles.